The van der Waals surface area contributed by atoms with E-state index in [0.29, 0.717) is 6.07 Å². The summed E-state index contributed by atoms with van der Waals surface area (Å²) < 4.78 is 51.2. The van der Waals surface area contributed by atoms with Crippen LogP contribution < -0.4 is 0 Å². The van der Waals surface area contributed by atoms with E-state index >= 15 is 4.39 Å². The molecule has 174 valence electrons. The van der Waals surface area contributed by atoms with Crippen LogP contribution in [0.1, 0.15) is 40.0 Å². The normalized spacial score (nSPS) is 13.8. The molecule has 0 bridgehead atoms. The fourth-order valence-electron chi connectivity index (χ4n) is 3.79. The molecule has 0 saturated heterocycles. The summed E-state index contributed by atoms with van der Waals surface area (Å²) in [7, 11) is 0. The molecule has 0 fully saturated rings. The molecular formula is C24H20F3N5O2. The number of nitrogens with zero attached hydrogens (tertiary/aromatic N) is 5. The van der Waals surface area contributed by atoms with E-state index in [-0.39, 0.29) is 23.4 Å². The van der Waals surface area contributed by atoms with Gasteiger partial charge in [-0.05, 0) is 31.2 Å². The number of hydrogen-bond acceptors (Lipinski definition) is 6. The first kappa shape index (κ1) is 23.1. The molecule has 0 aliphatic rings. The smallest absolute Gasteiger partial charge is 0.339 e. The van der Waals surface area contributed by atoms with Crippen molar-refractivity contribution in [3.05, 3.63) is 107 Å². The summed E-state index contributed by atoms with van der Waals surface area (Å²) in [6.07, 6.45) is 4.70. The topological polar surface area (TPSA) is 82.8 Å². The number of aromatic nitrogens is 5. The maximum atomic E-state index is 15.3. The van der Waals surface area contributed by atoms with Crippen molar-refractivity contribution < 1.29 is 22.7 Å². The SMILES string of the molecule is Cc1ccc(C(=O)O[C@@](Cn2cncn2)(c2ccc(F)cc2F)[C@@H](C)c2ncncc2F)cc1. The van der Waals surface area contributed by atoms with Crippen molar-refractivity contribution in [2.45, 2.75) is 31.9 Å². The Morgan fingerprint density at radius 1 is 1.06 bits per heavy atom. The Kier molecular flexibility index (Phi) is 6.40. The molecule has 0 aliphatic carbocycles. The monoisotopic (exact) mass is 467 g/mol. The second kappa shape index (κ2) is 9.42. The molecule has 0 spiro atoms. The van der Waals surface area contributed by atoms with E-state index in [4.69, 9.17) is 4.74 Å². The molecule has 4 rings (SSSR count). The maximum Gasteiger partial charge on any atom is 0.339 e. The van der Waals surface area contributed by atoms with Gasteiger partial charge in [0.1, 0.15) is 30.6 Å². The zero-order chi connectivity index (χ0) is 24.3. The van der Waals surface area contributed by atoms with Gasteiger partial charge in [-0.1, -0.05) is 24.6 Å². The molecule has 7 nitrogen and oxygen atoms in total. The molecule has 0 N–H and O–H groups in total. The minimum Gasteiger partial charge on any atom is -0.448 e. The van der Waals surface area contributed by atoms with Crippen LogP contribution in [0.25, 0.3) is 0 Å². The molecule has 0 radical (unpaired) electrons. The molecule has 2 atom stereocenters. The fraction of sp³-hybridized carbons (Fsp3) is 0.208. The van der Waals surface area contributed by atoms with Crippen molar-refractivity contribution in [1.29, 1.82) is 0 Å². The van der Waals surface area contributed by atoms with Gasteiger partial charge in [-0.2, -0.15) is 5.10 Å². The van der Waals surface area contributed by atoms with Crippen molar-refractivity contribution >= 4 is 5.97 Å². The molecule has 4 aromatic rings. The van der Waals surface area contributed by atoms with Crippen molar-refractivity contribution in [3.63, 3.8) is 0 Å². The number of rotatable bonds is 7. The Morgan fingerprint density at radius 3 is 2.47 bits per heavy atom. The number of halogens is 3. The summed E-state index contributed by atoms with van der Waals surface area (Å²) >= 11 is 0. The summed E-state index contributed by atoms with van der Waals surface area (Å²) in [6.45, 7) is 3.14. The molecule has 34 heavy (non-hydrogen) atoms. The third-order valence-electron chi connectivity index (χ3n) is 5.62. The van der Waals surface area contributed by atoms with Crippen molar-refractivity contribution in [2.75, 3.05) is 0 Å². The lowest BCUT2D eigenvalue weighted by Crippen LogP contribution is -2.43. The molecule has 2 aromatic carbocycles. The van der Waals surface area contributed by atoms with E-state index in [1.807, 2.05) is 6.92 Å². The first-order valence-corrected chi connectivity index (χ1v) is 10.3. The van der Waals surface area contributed by atoms with E-state index in [0.717, 1.165) is 24.2 Å². The van der Waals surface area contributed by atoms with Gasteiger partial charge in [0, 0.05) is 17.5 Å². The second-order valence-corrected chi connectivity index (χ2v) is 7.84. The average Bonchev–Trinajstić information content (AvgIpc) is 3.32. The molecule has 0 amide bonds. The number of carbonyl (C=O) groups excluding carboxylic acids is 1. The van der Waals surface area contributed by atoms with Crippen LogP contribution in [0.5, 0.6) is 0 Å². The highest BCUT2D eigenvalue weighted by atomic mass is 19.1. The number of esters is 1. The molecule has 10 heteroatoms. The van der Waals surface area contributed by atoms with Gasteiger partial charge < -0.3 is 4.74 Å². The van der Waals surface area contributed by atoms with Crippen LogP contribution in [0.2, 0.25) is 0 Å². The first-order chi connectivity index (χ1) is 16.3. The van der Waals surface area contributed by atoms with Gasteiger partial charge in [0.25, 0.3) is 0 Å². The summed E-state index contributed by atoms with van der Waals surface area (Å²) in [5, 5.41) is 4.06. The van der Waals surface area contributed by atoms with Crippen LogP contribution in [0.4, 0.5) is 13.2 Å². The molecule has 0 aliphatic heterocycles. The van der Waals surface area contributed by atoms with Crippen molar-refractivity contribution in [2.24, 2.45) is 0 Å². The van der Waals surface area contributed by atoms with Crippen LogP contribution in [0.15, 0.2) is 67.6 Å². The minimum atomic E-state index is -1.89. The number of aryl methyl sites for hydroxylation is 1. The third kappa shape index (κ3) is 4.52. The Balaban J connectivity index is 1.92. The number of benzene rings is 2. The quantitative estimate of drug-likeness (QED) is 0.376. The van der Waals surface area contributed by atoms with Gasteiger partial charge in [-0.15, -0.1) is 0 Å². The van der Waals surface area contributed by atoms with Crippen molar-refractivity contribution in [1.82, 2.24) is 24.7 Å². The number of carbonyl (C=O) groups is 1. The van der Waals surface area contributed by atoms with Gasteiger partial charge in [-0.25, -0.2) is 37.6 Å². The van der Waals surface area contributed by atoms with Gasteiger partial charge in [-0.3, -0.25) is 0 Å². The minimum absolute atomic E-state index is 0.115. The number of hydrogen-bond donors (Lipinski definition) is 0. The highest BCUT2D eigenvalue weighted by molar-refractivity contribution is 5.89. The third-order valence-corrected chi connectivity index (χ3v) is 5.62. The second-order valence-electron chi connectivity index (χ2n) is 7.84. The molecular weight excluding hydrogens is 447 g/mol. The lowest BCUT2D eigenvalue weighted by atomic mass is 9.79. The van der Waals surface area contributed by atoms with Gasteiger partial charge in [0.2, 0.25) is 0 Å². The Labute approximate surface area is 193 Å². The van der Waals surface area contributed by atoms with Crippen LogP contribution in [0.3, 0.4) is 0 Å². The largest absolute Gasteiger partial charge is 0.448 e. The highest BCUT2D eigenvalue weighted by Crippen LogP contribution is 2.43. The van der Waals surface area contributed by atoms with E-state index in [1.54, 1.807) is 24.3 Å². The lowest BCUT2D eigenvalue weighted by molar-refractivity contribution is -0.0497. The van der Waals surface area contributed by atoms with E-state index in [2.05, 4.69) is 20.1 Å². The molecule has 0 unspecified atom stereocenters. The predicted molar refractivity (Wildman–Crippen MR) is 115 cm³/mol. The van der Waals surface area contributed by atoms with Gasteiger partial charge in [0.05, 0.1) is 24.0 Å². The Morgan fingerprint density at radius 2 is 1.82 bits per heavy atom. The zero-order valence-electron chi connectivity index (χ0n) is 18.3. The summed E-state index contributed by atoms with van der Waals surface area (Å²) in [5.41, 5.74) is -1.05. The average molecular weight is 467 g/mol. The highest BCUT2D eigenvalue weighted by Gasteiger charge is 2.47. The first-order valence-electron chi connectivity index (χ1n) is 10.3. The van der Waals surface area contributed by atoms with Crippen molar-refractivity contribution in [3.8, 4) is 0 Å². The van der Waals surface area contributed by atoms with E-state index in [9.17, 15) is 13.6 Å². The van der Waals surface area contributed by atoms with Crippen LogP contribution in [0, 0.1) is 24.4 Å². The summed E-state index contributed by atoms with van der Waals surface area (Å²) in [4.78, 5) is 24.9. The van der Waals surface area contributed by atoms with Crippen LogP contribution >= 0.6 is 0 Å². The number of ether oxygens (including phenoxy) is 1. The molecule has 2 heterocycles. The van der Waals surface area contributed by atoms with E-state index in [1.165, 1.54) is 30.3 Å². The van der Waals surface area contributed by atoms with Crippen LogP contribution in [-0.2, 0) is 16.9 Å². The summed E-state index contributed by atoms with van der Waals surface area (Å²) in [5.74, 6) is -4.40. The summed E-state index contributed by atoms with van der Waals surface area (Å²) in [6, 6.07) is 9.46. The lowest BCUT2D eigenvalue weighted by Gasteiger charge is -2.38. The van der Waals surface area contributed by atoms with Gasteiger partial charge in [0.15, 0.2) is 11.4 Å². The predicted octanol–water partition coefficient (Wildman–Crippen LogP) is 4.35. The maximum absolute atomic E-state index is 15.3. The fourth-order valence-corrected chi connectivity index (χ4v) is 3.79. The van der Waals surface area contributed by atoms with Crippen LogP contribution in [-0.4, -0.2) is 30.7 Å². The van der Waals surface area contributed by atoms with Gasteiger partial charge >= 0.3 is 5.97 Å². The Bertz CT molecular complexity index is 1300. The molecule has 2 aromatic heterocycles. The standard InChI is InChI=1S/C24H20F3N5O2/c1-15-3-5-17(6-4-15)23(33)34-24(11-32-14-29-13-31-32,19-8-7-18(25)9-20(19)26)16(2)22-21(27)10-28-12-30-22/h3-10,12-14,16H,11H2,1-2H3/t16-,24+/m0/s1. The molecule has 0 saturated carbocycles. The Hall–Kier alpha value is -4.08. The zero-order valence-corrected chi connectivity index (χ0v) is 18.3. The van der Waals surface area contributed by atoms with E-state index < -0.39 is 34.9 Å².